The van der Waals surface area contributed by atoms with E-state index in [4.69, 9.17) is 0 Å². The topological polar surface area (TPSA) is 55.6 Å². The Morgan fingerprint density at radius 1 is 1.47 bits per heavy atom. The van der Waals surface area contributed by atoms with Crippen LogP contribution in [0.4, 0.5) is 5.69 Å². The van der Waals surface area contributed by atoms with Gasteiger partial charge in [0.25, 0.3) is 0 Å². The first-order valence-electron chi connectivity index (χ1n) is 4.75. The number of hydrogen-bond donors (Lipinski definition) is 1. The number of aryl methyl sites for hydroxylation is 2. The van der Waals surface area contributed by atoms with Gasteiger partial charge in [0.1, 0.15) is 6.33 Å². The summed E-state index contributed by atoms with van der Waals surface area (Å²) < 4.78 is 1.69. The zero-order valence-electron chi connectivity index (χ0n) is 8.81. The maximum atomic E-state index is 4.18. The third-order valence-corrected chi connectivity index (χ3v) is 2.10. The molecule has 2 aromatic rings. The standard InChI is InChI=1S/C10H13N5/c1-8-5-11-4-3-9(8)12-6-10-13-7-15(2)14-10/h3-5,7H,6H2,1-2H3,(H,11,12). The van der Waals surface area contributed by atoms with Gasteiger partial charge in [0.05, 0.1) is 6.54 Å². The van der Waals surface area contributed by atoms with Gasteiger partial charge in [0.2, 0.25) is 0 Å². The average molecular weight is 203 g/mol. The van der Waals surface area contributed by atoms with Crippen LogP contribution in [0.25, 0.3) is 0 Å². The number of nitrogens with zero attached hydrogens (tertiary/aromatic N) is 4. The number of aromatic nitrogens is 4. The third-order valence-electron chi connectivity index (χ3n) is 2.10. The minimum absolute atomic E-state index is 0.631. The molecule has 0 radical (unpaired) electrons. The van der Waals surface area contributed by atoms with Crippen LogP contribution >= 0.6 is 0 Å². The molecule has 0 saturated heterocycles. The lowest BCUT2D eigenvalue weighted by Gasteiger charge is -2.05. The Hall–Kier alpha value is -1.91. The second kappa shape index (κ2) is 4.08. The summed E-state index contributed by atoms with van der Waals surface area (Å²) in [6.45, 7) is 2.65. The molecule has 0 aliphatic heterocycles. The van der Waals surface area contributed by atoms with E-state index in [0.29, 0.717) is 6.54 Å². The van der Waals surface area contributed by atoms with Gasteiger partial charge in [-0.1, -0.05) is 0 Å². The van der Waals surface area contributed by atoms with E-state index in [0.717, 1.165) is 17.1 Å². The van der Waals surface area contributed by atoms with E-state index in [9.17, 15) is 0 Å². The summed E-state index contributed by atoms with van der Waals surface area (Å²) >= 11 is 0. The van der Waals surface area contributed by atoms with Gasteiger partial charge in [-0.15, -0.1) is 0 Å². The van der Waals surface area contributed by atoms with Gasteiger partial charge in [-0.25, -0.2) is 4.98 Å². The molecular formula is C10H13N5. The van der Waals surface area contributed by atoms with Crippen LogP contribution in [-0.2, 0) is 13.6 Å². The van der Waals surface area contributed by atoms with E-state index in [2.05, 4.69) is 20.4 Å². The molecule has 2 rings (SSSR count). The predicted molar refractivity (Wildman–Crippen MR) is 57.3 cm³/mol. The quantitative estimate of drug-likeness (QED) is 0.812. The van der Waals surface area contributed by atoms with Crippen molar-refractivity contribution in [3.05, 3.63) is 36.2 Å². The molecule has 2 aromatic heterocycles. The highest BCUT2D eigenvalue weighted by atomic mass is 15.3. The summed E-state index contributed by atoms with van der Waals surface area (Å²) in [6, 6.07) is 1.94. The Balaban J connectivity index is 2.02. The van der Waals surface area contributed by atoms with E-state index in [1.54, 1.807) is 17.2 Å². The lowest BCUT2D eigenvalue weighted by molar-refractivity contribution is 0.747. The molecule has 0 bridgehead atoms. The van der Waals surface area contributed by atoms with Crippen molar-refractivity contribution < 1.29 is 0 Å². The Bertz CT molecular complexity index is 449. The van der Waals surface area contributed by atoms with Crippen molar-refractivity contribution in [1.29, 1.82) is 0 Å². The highest BCUT2D eigenvalue weighted by molar-refractivity contribution is 5.48. The van der Waals surface area contributed by atoms with Crippen LogP contribution in [0, 0.1) is 6.92 Å². The first kappa shape index (κ1) is 9.64. The average Bonchev–Trinajstić information content (AvgIpc) is 2.63. The Kier molecular flexibility index (Phi) is 2.62. The SMILES string of the molecule is Cc1cnccc1NCc1ncn(C)n1. The van der Waals surface area contributed by atoms with Crippen LogP contribution in [0.15, 0.2) is 24.8 Å². The highest BCUT2D eigenvalue weighted by Gasteiger charge is 2.00. The summed E-state index contributed by atoms with van der Waals surface area (Å²) in [5.74, 6) is 0.786. The number of pyridine rings is 1. The lowest BCUT2D eigenvalue weighted by atomic mass is 10.2. The zero-order chi connectivity index (χ0) is 10.7. The van der Waals surface area contributed by atoms with Crippen LogP contribution in [0.2, 0.25) is 0 Å². The maximum absolute atomic E-state index is 4.18. The number of anilines is 1. The fourth-order valence-corrected chi connectivity index (χ4v) is 1.31. The van der Waals surface area contributed by atoms with Gasteiger partial charge in [-0.2, -0.15) is 5.10 Å². The van der Waals surface area contributed by atoms with Crippen molar-refractivity contribution in [2.75, 3.05) is 5.32 Å². The Labute approximate surface area is 88.2 Å². The fraction of sp³-hybridized carbons (Fsp3) is 0.300. The van der Waals surface area contributed by atoms with E-state index < -0.39 is 0 Å². The van der Waals surface area contributed by atoms with Crippen molar-refractivity contribution in [2.45, 2.75) is 13.5 Å². The summed E-state index contributed by atoms with van der Waals surface area (Å²) in [7, 11) is 1.86. The number of nitrogens with one attached hydrogen (secondary N) is 1. The monoisotopic (exact) mass is 203 g/mol. The number of hydrogen-bond acceptors (Lipinski definition) is 4. The molecule has 0 amide bonds. The molecule has 0 saturated carbocycles. The molecule has 0 aliphatic rings. The first-order valence-corrected chi connectivity index (χ1v) is 4.75. The first-order chi connectivity index (χ1) is 7.25. The Morgan fingerprint density at radius 2 is 2.33 bits per heavy atom. The largest absolute Gasteiger partial charge is 0.377 e. The molecule has 0 aromatic carbocycles. The van der Waals surface area contributed by atoms with Crippen LogP contribution < -0.4 is 5.32 Å². The van der Waals surface area contributed by atoms with Gasteiger partial charge in [0, 0.05) is 25.1 Å². The molecule has 0 aliphatic carbocycles. The van der Waals surface area contributed by atoms with Crippen molar-refractivity contribution >= 4 is 5.69 Å². The van der Waals surface area contributed by atoms with Crippen LogP contribution in [0.3, 0.4) is 0 Å². The molecule has 0 fully saturated rings. The summed E-state index contributed by atoms with van der Waals surface area (Å²) in [4.78, 5) is 8.16. The van der Waals surface area contributed by atoms with Gasteiger partial charge < -0.3 is 5.32 Å². The minimum Gasteiger partial charge on any atom is -0.377 e. The van der Waals surface area contributed by atoms with Crippen molar-refractivity contribution in [3.63, 3.8) is 0 Å². The van der Waals surface area contributed by atoms with Crippen LogP contribution in [-0.4, -0.2) is 19.7 Å². The molecular weight excluding hydrogens is 190 g/mol. The lowest BCUT2D eigenvalue weighted by Crippen LogP contribution is -2.03. The second-order valence-electron chi connectivity index (χ2n) is 3.38. The second-order valence-corrected chi connectivity index (χ2v) is 3.38. The van der Waals surface area contributed by atoms with Crippen molar-refractivity contribution in [3.8, 4) is 0 Å². The fourth-order valence-electron chi connectivity index (χ4n) is 1.31. The molecule has 78 valence electrons. The molecule has 0 atom stereocenters. The molecule has 2 heterocycles. The molecule has 0 unspecified atom stereocenters. The van der Waals surface area contributed by atoms with Crippen molar-refractivity contribution in [1.82, 2.24) is 19.7 Å². The summed E-state index contributed by atoms with van der Waals surface area (Å²) in [5.41, 5.74) is 2.19. The van der Waals surface area contributed by atoms with E-state index in [1.807, 2.05) is 26.2 Å². The van der Waals surface area contributed by atoms with Crippen LogP contribution in [0.5, 0.6) is 0 Å². The van der Waals surface area contributed by atoms with Gasteiger partial charge in [-0.05, 0) is 18.6 Å². The van der Waals surface area contributed by atoms with E-state index >= 15 is 0 Å². The predicted octanol–water partition coefficient (Wildman–Crippen LogP) is 1.13. The Morgan fingerprint density at radius 3 is 3.00 bits per heavy atom. The number of rotatable bonds is 3. The van der Waals surface area contributed by atoms with Gasteiger partial charge >= 0.3 is 0 Å². The molecule has 5 nitrogen and oxygen atoms in total. The summed E-state index contributed by atoms with van der Waals surface area (Å²) in [6.07, 6.45) is 5.28. The highest BCUT2D eigenvalue weighted by Crippen LogP contribution is 2.11. The molecule has 1 N–H and O–H groups in total. The maximum Gasteiger partial charge on any atom is 0.169 e. The molecule has 0 spiro atoms. The zero-order valence-corrected chi connectivity index (χ0v) is 8.81. The summed E-state index contributed by atoms with van der Waals surface area (Å²) in [5, 5.41) is 7.45. The van der Waals surface area contributed by atoms with Crippen LogP contribution in [0.1, 0.15) is 11.4 Å². The minimum atomic E-state index is 0.631. The smallest absolute Gasteiger partial charge is 0.169 e. The van der Waals surface area contributed by atoms with E-state index in [-0.39, 0.29) is 0 Å². The van der Waals surface area contributed by atoms with Crippen molar-refractivity contribution in [2.24, 2.45) is 7.05 Å². The van der Waals surface area contributed by atoms with Gasteiger partial charge in [-0.3, -0.25) is 9.67 Å². The van der Waals surface area contributed by atoms with Gasteiger partial charge in [0.15, 0.2) is 5.82 Å². The molecule has 15 heavy (non-hydrogen) atoms. The molecule has 5 heteroatoms. The third kappa shape index (κ3) is 2.31. The normalized spacial score (nSPS) is 10.3. The van der Waals surface area contributed by atoms with E-state index in [1.165, 1.54) is 0 Å².